The molecule has 2 aromatic rings. The summed E-state index contributed by atoms with van der Waals surface area (Å²) in [5.41, 5.74) is 2.87. The molecule has 0 fully saturated rings. The molecule has 1 aliphatic rings. The van der Waals surface area contributed by atoms with Gasteiger partial charge in [-0.05, 0) is 37.0 Å². The monoisotopic (exact) mass is 264 g/mol. The fraction of sp³-hybridized carbons (Fsp3) is 0.294. The fourth-order valence-corrected chi connectivity index (χ4v) is 3.03. The SMILES string of the molecule is Cc1ccc(C(O)C2(C#N)CCc3ccccc32)cn1. The average Bonchev–Trinajstić information content (AvgIpc) is 2.87. The van der Waals surface area contributed by atoms with Crippen LogP contribution in [0.2, 0.25) is 0 Å². The Labute approximate surface area is 118 Å². The normalized spacial score (nSPS) is 22.1. The molecule has 2 unspecified atom stereocenters. The molecule has 1 aliphatic carbocycles. The van der Waals surface area contributed by atoms with Gasteiger partial charge in [0.05, 0.1) is 6.07 Å². The molecule has 0 spiro atoms. The topological polar surface area (TPSA) is 56.9 Å². The highest BCUT2D eigenvalue weighted by Crippen LogP contribution is 2.46. The van der Waals surface area contributed by atoms with E-state index in [1.54, 1.807) is 6.20 Å². The number of benzene rings is 1. The van der Waals surface area contributed by atoms with Crippen LogP contribution in [0.4, 0.5) is 0 Å². The summed E-state index contributed by atoms with van der Waals surface area (Å²) in [6.07, 6.45) is 2.31. The number of aromatic nitrogens is 1. The van der Waals surface area contributed by atoms with Crippen LogP contribution in [0.1, 0.15) is 34.9 Å². The molecule has 0 saturated carbocycles. The lowest BCUT2D eigenvalue weighted by atomic mass is 9.76. The van der Waals surface area contributed by atoms with Gasteiger partial charge in [-0.3, -0.25) is 4.98 Å². The zero-order valence-electron chi connectivity index (χ0n) is 11.4. The first-order chi connectivity index (χ1) is 9.67. The smallest absolute Gasteiger partial charge is 0.113 e. The predicted octanol–water partition coefficient (Wildman–Crippen LogP) is 2.83. The highest BCUT2D eigenvalue weighted by atomic mass is 16.3. The molecule has 2 atom stereocenters. The predicted molar refractivity (Wildman–Crippen MR) is 76.0 cm³/mol. The number of hydrogen-bond donors (Lipinski definition) is 1. The summed E-state index contributed by atoms with van der Waals surface area (Å²) in [6, 6.07) is 14.0. The summed E-state index contributed by atoms with van der Waals surface area (Å²) >= 11 is 0. The number of rotatable bonds is 2. The maximum absolute atomic E-state index is 10.7. The van der Waals surface area contributed by atoms with Gasteiger partial charge >= 0.3 is 0 Å². The Kier molecular flexibility index (Phi) is 3.04. The summed E-state index contributed by atoms with van der Waals surface area (Å²) < 4.78 is 0. The Balaban J connectivity index is 2.07. The molecule has 0 amide bonds. The Morgan fingerprint density at radius 1 is 1.30 bits per heavy atom. The van der Waals surface area contributed by atoms with Gasteiger partial charge in [0.25, 0.3) is 0 Å². The minimum atomic E-state index is -0.854. The van der Waals surface area contributed by atoms with Crippen LogP contribution in [0, 0.1) is 18.3 Å². The van der Waals surface area contributed by atoms with Gasteiger partial charge < -0.3 is 5.11 Å². The van der Waals surface area contributed by atoms with Crippen LogP contribution in [0.5, 0.6) is 0 Å². The van der Waals surface area contributed by atoms with Crippen LogP contribution in [0.15, 0.2) is 42.6 Å². The van der Waals surface area contributed by atoms with E-state index in [2.05, 4.69) is 11.1 Å². The van der Waals surface area contributed by atoms with Crippen molar-refractivity contribution in [1.29, 1.82) is 5.26 Å². The van der Waals surface area contributed by atoms with Crippen molar-refractivity contribution in [2.24, 2.45) is 0 Å². The summed E-state index contributed by atoms with van der Waals surface area (Å²) in [5, 5.41) is 20.5. The Morgan fingerprint density at radius 3 is 2.80 bits per heavy atom. The molecule has 1 heterocycles. The van der Waals surface area contributed by atoms with Crippen LogP contribution in [0.25, 0.3) is 0 Å². The quantitative estimate of drug-likeness (QED) is 0.907. The lowest BCUT2D eigenvalue weighted by Crippen LogP contribution is -2.29. The molecule has 20 heavy (non-hydrogen) atoms. The molecule has 1 N–H and O–H groups in total. The van der Waals surface area contributed by atoms with Crippen molar-refractivity contribution in [2.75, 3.05) is 0 Å². The lowest BCUT2D eigenvalue weighted by molar-refractivity contribution is 0.110. The number of hydrogen-bond acceptors (Lipinski definition) is 3. The van der Waals surface area contributed by atoms with Crippen molar-refractivity contribution in [3.05, 3.63) is 65.0 Å². The van der Waals surface area contributed by atoms with Gasteiger partial charge in [-0.25, -0.2) is 0 Å². The minimum absolute atomic E-state index is 0.651. The Morgan fingerprint density at radius 2 is 2.10 bits per heavy atom. The van der Waals surface area contributed by atoms with E-state index in [4.69, 9.17) is 0 Å². The van der Waals surface area contributed by atoms with E-state index >= 15 is 0 Å². The molecule has 0 saturated heterocycles. The van der Waals surface area contributed by atoms with E-state index in [-0.39, 0.29) is 0 Å². The second-order valence-corrected chi connectivity index (χ2v) is 5.38. The van der Waals surface area contributed by atoms with Crippen LogP contribution in [0.3, 0.4) is 0 Å². The van der Waals surface area contributed by atoms with Gasteiger partial charge in [0.1, 0.15) is 11.5 Å². The van der Waals surface area contributed by atoms with E-state index in [1.807, 2.05) is 43.3 Å². The number of aliphatic hydroxyl groups excluding tert-OH is 1. The maximum atomic E-state index is 10.7. The van der Waals surface area contributed by atoms with Gasteiger partial charge in [-0.2, -0.15) is 5.26 Å². The van der Waals surface area contributed by atoms with E-state index in [9.17, 15) is 10.4 Å². The van der Waals surface area contributed by atoms with E-state index < -0.39 is 11.5 Å². The van der Waals surface area contributed by atoms with Gasteiger partial charge in [0, 0.05) is 17.5 Å². The number of aliphatic hydroxyl groups is 1. The molecular weight excluding hydrogens is 248 g/mol. The minimum Gasteiger partial charge on any atom is -0.386 e. The van der Waals surface area contributed by atoms with Crippen molar-refractivity contribution in [2.45, 2.75) is 31.3 Å². The average molecular weight is 264 g/mol. The standard InChI is InChI=1S/C17H16N2O/c1-12-6-7-14(10-19-12)16(20)17(11-18)9-8-13-4-2-3-5-15(13)17/h2-7,10,16,20H,8-9H2,1H3. The maximum Gasteiger partial charge on any atom is 0.113 e. The fourth-order valence-electron chi connectivity index (χ4n) is 3.03. The summed E-state index contributed by atoms with van der Waals surface area (Å²) in [4.78, 5) is 4.22. The van der Waals surface area contributed by atoms with Crippen molar-refractivity contribution in [3.63, 3.8) is 0 Å². The first-order valence-corrected chi connectivity index (χ1v) is 6.77. The molecule has 1 aromatic carbocycles. The molecular formula is C17H16N2O. The number of pyridine rings is 1. The second kappa shape index (κ2) is 4.73. The molecule has 1 aromatic heterocycles. The van der Waals surface area contributed by atoms with Crippen LogP contribution in [-0.4, -0.2) is 10.1 Å². The second-order valence-electron chi connectivity index (χ2n) is 5.38. The highest BCUT2D eigenvalue weighted by Gasteiger charge is 2.45. The lowest BCUT2D eigenvalue weighted by Gasteiger charge is -2.28. The molecule has 0 bridgehead atoms. The zero-order chi connectivity index (χ0) is 14.2. The third-order valence-electron chi connectivity index (χ3n) is 4.20. The van der Waals surface area contributed by atoms with Crippen molar-refractivity contribution in [3.8, 4) is 6.07 Å². The molecule has 3 rings (SSSR count). The molecule has 0 radical (unpaired) electrons. The van der Waals surface area contributed by atoms with Gasteiger partial charge in [0.2, 0.25) is 0 Å². The number of aryl methyl sites for hydroxylation is 2. The summed E-state index contributed by atoms with van der Waals surface area (Å²) in [7, 11) is 0. The van der Waals surface area contributed by atoms with Crippen molar-refractivity contribution >= 4 is 0 Å². The molecule has 3 heteroatoms. The van der Waals surface area contributed by atoms with Gasteiger partial charge in [0.15, 0.2) is 0 Å². The summed E-state index contributed by atoms with van der Waals surface area (Å²) in [5.74, 6) is 0. The van der Waals surface area contributed by atoms with Gasteiger partial charge in [-0.15, -0.1) is 0 Å². The number of nitrogens with zero attached hydrogens (tertiary/aromatic N) is 2. The number of nitriles is 1. The van der Waals surface area contributed by atoms with Crippen LogP contribution >= 0.6 is 0 Å². The van der Waals surface area contributed by atoms with Crippen molar-refractivity contribution in [1.82, 2.24) is 4.98 Å². The molecule has 100 valence electrons. The van der Waals surface area contributed by atoms with Crippen LogP contribution in [-0.2, 0) is 11.8 Å². The van der Waals surface area contributed by atoms with Gasteiger partial charge in [-0.1, -0.05) is 30.3 Å². The molecule has 3 nitrogen and oxygen atoms in total. The molecule has 0 aliphatic heterocycles. The van der Waals surface area contributed by atoms with E-state index in [0.717, 1.165) is 23.2 Å². The number of fused-ring (bicyclic) bond motifs is 1. The summed E-state index contributed by atoms with van der Waals surface area (Å²) in [6.45, 7) is 1.90. The Hall–Kier alpha value is -2.18. The third kappa shape index (κ3) is 1.81. The zero-order valence-corrected chi connectivity index (χ0v) is 11.4. The first kappa shape index (κ1) is 12.8. The first-order valence-electron chi connectivity index (χ1n) is 6.77. The highest BCUT2D eigenvalue weighted by molar-refractivity contribution is 5.47. The third-order valence-corrected chi connectivity index (χ3v) is 4.20. The largest absolute Gasteiger partial charge is 0.386 e. The van der Waals surface area contributed by atoms with Crippen molar-refractivity contribution < 1.29 is 5.11 Å². The van der Waals surface area contributed by atoms with E-state index in [0.29, 0.717) is 12.0 Å². The van der Waals surface area contributed by atoms with E-state index in [1.165, 1.54) is 0 Å². The van der Waals surface area contributed by atoms with Crippen LogP contribution < -0.4 is 0 Å². The Bertz CT molecular complexity index is 672.